The minimum absolute atomic E-state index is 0.00928. The summed E-state index contributed by atoms with van der Waals surface area (Å²) in [6.07, 6.45) is -2.48. The second-order valence-electron chi connectivity index (χ2n) is 11.0. The number of halogens is 3. The van der Waals surface area contributed by atoms with Crippen LogP contribution in [-0.4, -0.2) is 81.2 Å². The van der Waals surface area contributed by atoms with Crippen molar-refractivity contribution < 1.29 is 27.8 Å². The summed E-state index contributed by atoms with van der Waals surface area (Å²) in [5.41, 5.74) is 1.91. The van der Waals surface area contributed by atoms with E-state index in [1.165, 1.54) is 24.4 Å². The first kappa shape index (κ1) is 28.7. The fourth-order valence-electron chi connectivity index (χ4n) is 5.72. The van der Waals surface area contributed by atoms with Crippen LogP contribution in [0, 0.1) is 0 Å². The van der Waals surface area contributed by atoms with Crippen molar-refractivity contribution in [2.45, 2.75) is 37.7 Å². The Labute approximate surface area is 244 Å². The molecule has 1 fully saturated rings. The number of aliphatic hydroxyl groups is 1. The van der Waals surface area contributed by atoms with Crippen molar-refractivity contribution in [3.8, 4) is 17.1 Å². The lowest BCUT2D eigenvalue weighted by Crippen LogP contribution is -2.43. The van der Waals surface area contributed by atoms with Gasteiger partial charge in [0.1, 0.15) is 29.8 Å². The van der Waals surface area contributed by atoms with Crippen molar-refractivity contribution in [1.82, 2.24) is 24.8 Å². The lowest BCUT2D eigenvalue weighted by Gasteiger charge is -2.34. The summed E-state index contributed by atoms with van der Waals surface area (Å²) in [5.74, 6) is -0.120. The quantitative estimate of drug-likeness (QED) is 0.244. The maximum atomic E-state index is 13.3. The van der Waals surface area contributed by atoms with Gasteiger partial charge in [0.05, 0.1) is 22.3 Å². The molecule has 0 radical (unpaired) electrons. The molecule has 2 aromatic carbocycles. The largest absolute Gasteiger partial charge is 0.490 e. The number of nitrogens with zero attached hydrogens (tertiary/aromatic N) is 3. The summed E-state index contributed by atoms with van der Waals surface area (Å²) < 4.78 is 45.0. The van der Waals surface area contributed by atoms with Crippen molar-refractivity contribution in [3.05, 3.63) is 75.7 Å². The summed E-state index contributed by atoms with van der Waals surface area (Å²) in [7, 11) is 2.08. The number of aliphatic hydroxyl groups excluding tert-OH is 1. The van der Waals surface area contributed by atoms with Crippen LogP contribution in [0.15, 0.2) is 53.5 Å². The number of hydrogen-bond acceptors (Lipinski definition) is 7. The van der Waals surface area contributed by atoms with Crippen LogP contribution in [0.2, 0.25) is 0 Å². The van der Waals surface area contributed by atoms with Gasteiger partial charge in [0.15, 0.2) is 0 Å². The third-order valence-electron chi connectivity index (χ3n) is 8.02. The number of likely N-dealkylation sites (tertiary alicyclic amines) is 1. The van der Waals surface area contributed by atoms with Gasteiger partial charge < -0.3 is 34.9 Å². The van der Waals surface area contributed by atoms with E-state index in [9.17, 15) is 27.9 Å². The molecule has 0 spiro atoms. The Morgan fingerprint density at radius 2 is 1.93 bits per heavy atom. The van der Waals surface area contributed by atoms with Gasteiger partial charge in [-0.2, -0.15) is 13.2 Å². The van der Waals surface area contributed by atoms with Gasteiger partial charge in [0.25, 0.3) is 11.5 Å². The second-order valence-corrected chi connectivity index (χ2v) is 11.0. The van der Waals surface area contributed by atoms with E-state index in [0.717, 1.165) is 37.6 Å². The maximum absolute atomic E-state index is 13.3. The summed E-state index contributed by atoms with van der Waals surface area (Å²) in [4.78, 5) is 40.8. The molecule has 13 heteroatoms. The molecule has 2 aromatic heterocycles. The second kappa shape index (κ2) is 11.4. The van der Waals surface area contributed by atoms with E-state index in [-0.39, 0.29) is 35.6 Å². The summed E-state index contributed by atoms with van der Waals surface area (Å²) in [5, 5.41) is 13.4. The number of rotatable bonds is 8. The van der Waals surface area contributed by atoms with Crippen LogP contribution in [0.5, 0.6) is 5.75 Å². The molecule has 0 aliphatic carbocycles. The Hall–Kier alpha value is -4.36. The van der Waals surface area contributed by atoms with E-state index >= 15 is 0 Å². The highest BCUT2D eigenvalue weighted by atomic mass is 19.4. The van der Waals surface area contributed by atoms with Crippen LogP contribution < -0.4 is 15.6 Å². The molecule has 226 valence electrons. The topological polar surface area (TPSA) is 127 Å². The number of anilines is 1. The van der Waals surface area contributed by atoms with Crippen LogP contribution in [0.1, 0.15) is 34.3 Å². The number of pyridine rings is 1. The van der Waals surface area contributed by atoms with E-state index in [4.69, 9.17) is 4.74 Å². The number of para-hydroxylation sites is 1. The number of nitrogens with one attached hydrogen (secondary N) is 3. The molecule has 6 rings (SSSR count). The van der Waals surface area contributed by atoms with E-state index in [2.05, 4.69) is 32.2 Å². The van der Waals surface area contributed by atoms with Crippen molar-refractivity contribution in [2.24, 2.45) is 0 Å². The SMILES string of the molecule is CN1CCC(N2Cc3cc4[nH]c(-c5c(NCC(O)COc6ccccc6C(F)(F)F)cc[nH]c5=O)nc4cc3C2=O)CC1. The molecule has 4 aromatic rings. The van der Waals surface area contributed by atoms with Gasteiger partial charge in [0.2, 0.25) is 0 Å². The molecule has 1 amide bonds. The van der Waals surface area contributed by atoms with Crippen LogP contribution in [-0.2, 0) is 12.7 Å². The van der Waals surface area contributed by atoms with Crippen LogP contribution in [0.25, 0.3) is 22.4 Å². The number of carbonyl (C=O) groups excluding carboxylic acids is 1. The predicted octanol–water partition coefficient (Wildman–Crippen LogP) is 3.84. The van der Waals surface area contributed by atoms with Gasteiger partial charge in [-0.15, -0.1) is 0 Å². The third kappa shape index (κ3) is 5.82. The van der Waals surface area contributed by atoms with Gasteiger partial charge in [-0.1, -0.05) is 12.1 Å². The van der Waals surface area contributed by atoms with E-state index in [0.29, 0.717) is 28.8 Å². The number of alkyl halides is 3. The Morgan fingerprint density at radius 1 is 1.16 bits per heavy atom. The lowest BCUT2D eigenvalue weighted by atomic mass is 10.0. The van der Waals surface area contributed by atoms with Crippen LogP contribution in [0.3, 0.4) is 0 Å². The zero-order valence-corrected chi connectivity index (χ0v) is 23.4. The number of H-pyrrole nitrogens is 2. The average Bonchev–Trinajstić information content (AvgIpc) is 3.53. The van der Waals surface area contributed by atoms with Gasteiger partial charge >= 0.3 is 6.18 Å². The number of fused-ring (bicyclic) bond motifs is 2. The zero-order valence-electron chi connectivity index (χ0n) is 23.4. The van der Waals surface area contributed by atoms with Crippen molar-refractivity contribution in [1.29, 1.82) is 0 Å². The summed E-state index contributed by atoms with van der Waals surface area (Å²) in [6.45, 7) is 1.92. The molecule has 1 saturated heterocycles. The number of aromatic amines is 2. The minimum Gasteiger partial charge on any atom is -0.490 e. The number of piperidine rings is 1. The lowest BCUT2D eigenvalue weighted by molar-refractivity contribution is -0.139. The van der Waals surface area contributed by atoms with Gasteiger partial charge in [0, 0.05) is 30.9 Å². The highest BCUT2D eigenvalue weighted by Gasteiger charge is 2.35. The van der Waals surface area contributed by atoms with Crippen LogP contribution in [0.4, 0.5) is 18.9 Å². The van der Waals surface area contributed by atoms with Crippen LogP contribution >= 0.6 is 0 Å². The number of carbonyl (C=O) groups is 1. The molecular formula is C30H31F3N6O4. The molecule has 10 nitrogen and oxygen atoms in total. The van der Waals surface area contributed by atoms with Gasteiger partial charge in [-0.25, -0.2) is 4.98 Å². The average molecular weight is 597 g/mol. The van der Waals surface area contributed by atoms with Crippen molar-refractivity contribution in [2.75, 3.05) is 38.6 Å². The molecule has 4 heterocycles. The molecule has 1 unspecified atom stereocenters. The standard InChI is InChI=1S/C30H31F3N6O4/c1-38-10-7-18(8-11-38)39-15-17-12-23-24(13-20(17)29(39)42)37-27(36-23)26-22(6-9-34-28(26)41)35-14-19(40)16-43-25-5-3-2-4-21(25)30(31,32)33/h2-6,9,12-13,18-19,40H,7-8,10-11,14-16H2,1H3,(H,36,37)(H2,34,35,41). The van der Waals surface area contributed by atoms with Crippen molar-refractivity contribution >= 4 is 22.6 Å². The van der Waals surface area contributed by atoms with E-state index in [1.54, 1.807) is 12.1 Å². The third-order valence-corrected chi connectivity index (χ3v) is 8.02. The summed E-state index contributed by atoms with van der Waals surface area (Å²) >= 11 is 0. The molecule has 43 heavy (non-hydrogen) atoms. The normalized spacial score (nSPS) is 17.0. The number of amides is 1. The molecule has 1 atom stereocenters. The number of hydrogen-bond donors (Lipinski definition) is 4. The first-order valence-electron chi connectivity index (χ1n) is 14.0. The Kier molecular flexibility index (Phi) is 7.61. The molecule has 4 N–H and O–H groups in total. The number of imidazole rings is 1. The Balaban J connectivity index is 1.17. The first-order chi connectivity index (χ1) is 20.6. The molecule has 0 saturated carbocycles. The fraction of sp³-hybridized carbons (Fsp3) is 0.367. The van der Waals surface area contributed by atoms with Gasteiger partial charge in [-0.05, 0) is 68.9 Å². The van der Waals surface area contributed by atoms with Gasteiger partial charge in [-0.3, -0.25) is 9.59 Å². The molecule has 2 aliphatic rings. The molecular weight excluding hydrogens is 565 g/mol. The summed E-state index contributed by atoms with van der Waals surface area (Å²) in [6, 6.07) is 10.2. The Morgan fingerprint density at radius 3 is 2.70 bits per heavy atom. The monoisotopic (exact) mass is 596 g/mol. The predicted molar refractivity (Wildman–Crippen MR) is 154 cm³/mol. The smallest absolute Gasteiger partial charge is 0.419 e. The minimum atomic E-state index is -4.59. The number of aromatic nitrogens is 3. The fourth-order valence-corrected chi connectivity index (χ4v) is 5.72. The first-order valence-corrected chi connectivity index (χ1v) is 14.0. The molecule has 2 aliphatic heterocycles. The maximum Gasteiger partial charge on any atom is 0.419 e. The van der Waals surface area contributed by atoms with Crippen molar-refractivity contribution in [3.63, 3.8) is 0 Å². The number of benzene rings is 2. The van der Waals surface area contributed by atoms with E-state index < -0.39 is 30.0 Å². The number of ether oxygens (including phenoxy) is 1. The zero-order chi connectivity index (χ0) is 30.3. The Bertz CT molecular complexity index is 1710. The highest BCUT2D eigenvalue weighted by Crippen LogP contribution is 2.36. The molecule has 0 bridgehead atoms. The highest BCUT2D eigenvalue weighted by molar-refractivity contribution is 6.02. The van der Waals surface area contributed by atoms with E-state index in [1.807, 2.05) is 11.0 Å².